The Labute approximate surface area is 121 Å². The zero-order valence-electron chi connectivity index (χ0n) is 11.6. The molecule has 1 atom stereocenters. The van der Waals surface area contributed by atoms with Crippen LogP contribution in [0.15, 0.2) is 30.5 Å². The van der Waals surface area contributed by atoms with E-state index in [-0.39, 0.29) is 12.5 Å². The zero-order valence-corrected chi connectivity index (χ0v) is 11.6. The predicted molar refractivity (Wildman–Crippen MR) is 75.8 cm³/mol. The summed E-state index contributed by atoms with van der Waals surface area (Å²) in [5.74, 6) is 1.51. The first-order valence-corrected chi connectivity index (χ1v) is 6.57. The van der Waals surface area contributed by atoms with E-state index < -0.39 is 6.10 Å². The van der Waals surface area contributed by atoms with Gasteiger partial charge in [0.25, 0.3) is 5.91 Å². The third-order valence-electron chi connectivity index (χ3n) is 3.32. The molecule has 110 valence electrons. The van der Waals surface area contributed by atoms with E-state index in [1.165, 1.54) is 0 Å². The van der Waals surface area contributed by atoms with Gasteiger partial charge in [0.2, 0.25) is 6.10 Å². The lowest BCUT2D eigenvalue weighted by molar-refractivity contribution is -0.130. The van der Waals surface area contributed by atoms with Gasteiger partial charge in [-0.3, -0.25) is 9.48 Å². The van der Waals surface area contributed by atoms with Gasteiger partial charge in [0, 0.05) is 19.2 Å². The molecule has 1 aliphatic heterocycles. The minimum Gasteiger partial charge on any atom is -0.485 e. The first kappa shape index (κ1) is 13.3. The van der Waals surface area contributed by atoms with Crippen molar-refractivity contribution in [3.8, 4) is 11.5 Å². The second-order valence-corrected chi connectivity index (χ2v) is 4.76. The van der Waals surface area contributed by atoms with E-state index in [2.05, 4.69) is 10.4 Å². The number of benzene rings is 1. The lowest BCUT2D eigenvalue weighted by Gasteiger charge is -2.25. The van der Waals surface area contributed by atoms with E-state index in [9.17, 15) is 4.79 Å². The quantitative estimate of drug-likeness (QED) is 0.856. The summed E-state index contributed by atoms with van der Waals surface area (Å²) in [4.78, 5) is 12.1. The molecule has 2 aromatic rings. The monoisotopic (exact) mass is 288 g/mol. The average molecular weight is 288 g/mol. The van der Waals surface area contributed by atoms with Crippen LogP contribution in [0.4, 0.5) is 5.82 Å². The van der Waals surface area contributed by atoms with Crippen molar-refractivity contribution >= 4 is 11.7 Å². The van der Waals surface area contributed by atoms with Crippen LogP contribution in [-0.4, -0.2) is 28.4 Å². The van der Waals surface area contributed by atoms with Crippen LogP contribution < -0.4 is 20.5 Å². The molecule has 21 heavy (non-hydrogen) atoms. The lowest BCUT2D eigenvalue weighted by atomic mass is 10.2. The van der Waals surface area contributed by atoms with E-state index >= 15 is 0 Å². The highest BCUT2D eigenvalue weighted by Gasteiger charge is 2.27. The summed E-state index contributed by atoms with van der Waals surface area (Å²) in [5, 5.41) is 6.80. The summed E-state index contributed by atoms with van der Waals surface area (Å²) in [5.41, 5.74) is 6.59. The van der Waals surface area contributed by atoms with Crippen molar-refractivity contribution in [3.05, 3.63) is 36.0 Å². The molecule has 0 fully saturated rings. The topological polar surface area (TPSA) is 91.4 Å². The van der Waals surface area contributed by atoms with E-state index in [4.69, 9.17) is 15.2 Å². The van der Waals surface area contributed by atoms with Gasteiger partial charge in [-0.25, -0.2) is 0 Å². The maximum absolute atomic E-state index is 12.1. The zero-order chi connectivity index (χ0) is 14.8. The van der Waals surface area contributed by atoms with Crippen LogP contribution in [0.3, 0.4) is 0 Å². The van der Waals surface area contributed by atoms with Crippen molar-refractivity contribution in [2.75, 3.05) is 12.3 Å². The number of carbonyl (C=O) groups is 1. The number of hydrogen-bond donors (Lipinski definition) is 2. The second-order valence-electron chi connectivity index (χ2n) is 4.76. The number of nitrogen functional groups attached to an aromatic ring is 1. The van der Waals surface area contributed by atoms with E-state index in [0.29, 0.717) is 23.9 Å². The molecular weight excluding hydrogens is 272 g/mol. The molecule has 0 radical (unpaired) electrons. The Morgan fingerprint density at radius 1 is 1.48 bits per heavy atom. The molecule has 0 saturated carbocycles. The largest absolute Gasteiger partial charge is 0.485 e. The van der Waals surface area contributed by atoms with Gasteiger partial charge in [-0.2, -0.15) is 5.10 Å². The molecule has 1 unspecified atom stereocenters. The Hall–Kier alpha value is -2.70. The molecule has 0 aliphatic carbocycles. The Balaban J connectivity index is 1.61. The fourth-order valence-corrected chi connectivity index (χ4v) is 2.07. The Kier molecular flexibility index (Phi) is 3.39. The van der Waals surface area contributed by atoms with Crippen LogP contribution >= 0.6 is 0 Å². The summed E-state index contributed by atoms with van der Waals surface area (Å²) in [6.45, 7) is 0.491. The molecule has 0 bridgehead atoms. The van der Waals surface area contributed by atoms with Crippen molar-refractivity contribution < 1.29 is 14.3 Å². The summed E-state index contributed by atoms with van der Waals surface area (Å²) >= 11 is 0. The summed E-state index contributed by atoms with van der Waals surface area (Å²) < 4.78 is 12.7. The molecule has 0 spiro atoms. The predicted octanol–water partition coefficient (Wildman–Crippen LogP) is 0.458. The second kappa shape index (κ2) is 5.35. The van der Waals surface area contributed by atoms with Crippen LogP contribution in [-0.2, 0) is 18.4 Å². The smallest absolute Gasteiger partial charge is 0.264 e. The summed E-state index contributed by atoms with van der Waals surface area (Å²) in [7, 11) is 1.75. The van der Waals surface area contributed by atoms with Crippen LogP contribution in [0.25, 0.3) is 0 Å². The number of amides is 1. The number of anilines is 1. The van der Waals surface area contributed by atoms with Crippen molar-refractivity contribution in [3.63, 3.8) is 0 Å². The van der Waals surface area contributed by atoms with Gasteiger partial charge in [0.05, 0.1) is 6.20 Å². The molecule has 1 aromatic carbocycles. The minimum absolute atomic E-state index is 0.186. The number of aryl methyl sites for hydroxylation is 1. The third kappa shape index (κ3) is 2.62. The van der Waals surface area contributed by atoms with Gasteiger partial charge in [0.15, 0.2) is 11.5 Å². The fourth-order valence-electron chi connectivity index (χ4n) is 2.07. The maximum Gasteiger partial charge on any atom is 0.264 e. The molecule has 7 nitrogen and oxygen atoms in total. The van der Waals surface area contributed by atoms with Gasteiger partial charge >= 0.3 is 0 Å². The van der Waals surface area contributed by atoms with Gasteiger partial charge in [-0.1, -0.05) is 12.1 Å². The number of aromatic nitrogens is 2. The molecule has 1 aromatic heterocycles. The Morgan fingerprint density at radius 2 is 2.24 bits per heavy atom. The van der Waals surface area contributed by atoms with E-state index in [1.807, 2.05) is 12.1 Å². The molecule has 1 aliphatic rings. The summed E-state index contributed by atoms with van der Waals surface area (Å²) in [6.07, 6.45) is 0.959. The van der Waals surface area contributed by atoms with Crippen LogP contribution in [0.1, 0.15) is 5.56 Å². The lowest BCUT2D eigenvalue weighted by Crippen LogP contribution is -2.43. The number of nitrogens with two attached hydrogens (primary N) is 1. The molecule has 1 amide bonds. The highest BCUT2D eigenvalue weighted by Crippen LogP contribution is 2.30. The van der Waals surface area contributed by atoms with Crippen LogP contribution in [0, 0.1) is 0 Å². The normalized spacial score (nSPS) is 16.5. The van der Waals surface area contributed by atoms with Crippen LogP contribution in [0.2, 0.25) is 0 Å². The van der Waals surface area contributed by atoms with Crippen molar-refractivity contribution in [2.45, 2.75) is 12.6 Å². The maximum atomic E-state index is 12.1. The molecule has 7 heteroatoms. The Morgan fingerprint density at radius 3 is 2.95 bits per heavy atom. The fraction of sp³-hybridized carbons (Fsp3) is 0.286. The Bertz CT molecular complexity index is 668. The van der Waals surface area contributed by atoms with Crippen LogP contribution in [0.5, 0.6) is 11.5 Å². The number of nitrogens with zero attached hydrogens (tertiary/aromatic N) is 2. The average Bonchev–Trinajstić information content (AvgIpc) is 2.84. The number of carbonyl (C=O) groups excluding carboxylic acids is 1. The first-order valence-electron chi connectivity index (χ1n) is 6.57. The minimum atomic E-state index is -0.669. The van der Waals surface area contributed by atoms with Crippen molar-refractivity contribution in [1.82, 2.24) is 15.1 Å². The van der Waals surface area contributed by atoms with Gasteiger partial charge in [-0.15, -0.1) is 0 Å². The first-order chi connectivity index (χ1) is 10.1. The van der Waals surface area contributed by atoms with E-state index in [1.54, 1.807) is 30.1 Å². The molecule has 3 N–H and O–H groups in total. The van der Waals surface area contributed by atoms with Gasteiger partial charge < -0.3 is 20.5 Å². The molecule has 2 heterocycles. The van der Waals surface area contributed by atoms with Gasteiger partial charge in [-0.05, 0) is 12.1 Å². The SMILES string of the molecule is Cn1ncc(CNC(=O)C2COc3ccccc3O2)c1N. The van der Waals surface area contributed by atoms with Gasteiger partial charge in [0.1, 0.15) is 12.4 Å². The number of para-hydroxylation sites is 2. The number of fused-ring (bicyclic) bond motifs is 1. The highest BCUT2D eigenvalue weighted by molar-refractivity contribution is 5.81. The molecule has 0 saturated heterocycles. The van der Waals surface area contributed by atoms with E-state index in [0.717, 1.165) is 5.56 Å². The molecule has 3 rings (SSSR count). The number of ether oxygens (including phenoxy) is 2. The highest BCUT2D eigenvalue weighted by atomic mass is 16.6. The standard InChI is InChI=1S/C14H16N4O3/c1-18-13(15)9(7-17-18)6-16-14(19)12-8-20-10-4-2-3-5-11(10)21-12/h2-5,7,12H,6,8,15H2,1H3,(H,16,19). The van der Waals surface area contributed by atoms with Crippen molar-refractivity contribution in [2.24, 2.45) is 7.05 Å². The third-order valence-corrected chi connectivity index (χ3v) is 3.32. The summed E-state index contributed by atoms with van der Waals surface area (Å²) in [6, 6.07) is 7.26. The number of hydrogen-bond acceptors (Lipinski definition) is 5. The number of nitrogens with one attached hydrogen (secondary N) is 1. The molecular formula is C14H16N4O3. The van der Waals surface area contributed by atoms with Crippen molar-refractivity contribution in [1.29, 1.82) is 0 Å². The number of rotatable bonds is 3.